The quantitative estimate of drug-likeness (QED) is 0.696. The molecule has 0 aliphatic heterocycles. The maximum absolute atomic E-state index is 11.4. The first-order valence-electron chi connectivity index (χ1n) is 5.43. The summed E-state index contributed by atoms with van der Waals surface area (Å²) in [4.78, 5) is 19.7. The summed E-state index contributed by atoms with van der Waals surface area (Å²) in [5, 5.41) is 5.66. The van der Waals surface area contributed by atoms with Crippen molar-refractivity contribution in [3.63, 3.8) is 0 Å². The summed E-state index contributed by atoms with van der Waals surface area (Å²) in [5.74, 6) is 1.26. The van der Waals surface area contributed by atoms with E-state index in [0.29, 0.717) is 24.8 Å². The normalized spacial score (nSPS) is 10.1. The summed E-state index contributed by atoms with van der Waals surface area (Å²) in [6, 6.07) is 1.80. The molecule has 0 unspecified atom stereocenters. The molecule has 0 aliphatic rings. The number of aromatic nitrogens is 2. The van der Waals surface area contributed by atoms with E-state index in [2.05, 4.69) is 20.6 Å². The Balaban J connectivity index is 2.36. The van der Waals surface area contributed by atoms with Crippen LogP contribution in [0.15, 0.2) is 6.07 Å². The van der Waals surface area contributed by atoms with E-state index in [1.807, 2.05) is 13.8 Å². The fourth-order valence-electron chi connectivity index (χ4n) is 1.33. The number of carbonyl (C=O) groups excluding carboxylic acids is 1. The fourth-order valence-corrected chi connectivity index (χ4v) is 1.33. The summed E-state index contributed by atoms with van der Waals surface area (Å²) in [6.07, 6.45) is 0. The smallest absolute Gasteiger partial charge is 0.239 e. The number of hydrogen-bond donors (Lipinski definition) is 2. The molecule has 0 aliphatic carbocycles. The van der Waals surface area contributed by atoms with Gasteiger partial charge in [0.1, 0.15) is 11.6 Å². The molecule has 1 heterocycles. The number of aryl methyl sites for hydroxylation is 2. The van der Waals surface area contributed by atoms with Gasteiger partial charge in [-0.05, 0) is 13.8 Å². The Morgan fingerprint density at radius 1 is 1.41 bits per heavy atom. The molecule has 1 rings (SSSR count). The first-order chi connectivity index (χ1) is 8.11. The van der Waals surface area contributed by atoms with E-state index in [0.717, 1.165) is 5.69 Å². The SMILES string of the molecule is COCCNC(=O)CNc1cc(C)nc(C)n1. The van der Waals surface area contributed by atoms with Crippen LogP contribution in [0.2, 0.25) is 0 Å². The molecule has 0 spiro atoms. The van der Waals surface area contributed by atoms with Gasteiger partial charge in [-0.3, -0.25) is 4.79 Å². The lowest BCUT2D eigenvalue weighted by molar-refractivity contribution is -0.119. The molecule has 0 radical (unpaired) electrons. The van der Waals surface area contributed by atoms with Crippen molar-refractivity contribution >= 4 is 11.7 Å². The highest BCUT2D eigenvalue weighted by Gasteiger charge is 2.02. The zero-order valence-electron chi connectivity index (χ0n) is 10.4. The lowest BCUT2D eigenvalue weighted by Gasteiger charge is -2.07. The summed E-state index contributed by atoms with van der Waals surface area (Å²) >= 11 is 0. The predicted octanol–water partition coefficient (Wildman–Crippen LogP) is 0.268. The number of nitrogens with one attached hydrogen (secondary N) is 2. The highest BCUT2D eigenvalue weighted by atomic mass is 16.5. The number of anilines is 1. The Kier molecular flexibility index (Phi) is 5.35. The zero-order valence-corrected chi connectivity index (χ0v) is 10.4. The van der Waals surface area contributed by atoms with E-state index in [1.54, 1.807) is 13.2 Å². The largest absolute Gasteiger partial charge is 0.383 e. The van der Waals surface area contributed by atoms with Gasteiger partial charge in [-0.25, -0.2) is 9.97 Å². The second-order valence-corrected chi connectivity index (χ2v) is 3.64. The zero-order chi connectivity index (χ0) is 12.7. The second-order valence-electron chi connectivity index (χ2n) is 3.64. The van der Waals surface area contributed by atoms with Gasteiger partial charge in [-0.15, -0.1) is 0 Å². The maximum atomic E-state index is 11.4. The standard InChI is InChI=1S/C11H18N4O2/c1-8-6-10(15-9(2)14-8)13-7-11(16)12-4-5-17-3/h6H,4-5,7H2,1-3H3,(H,12,16)(H,13,14,15). The number of ether oxygens (including phenoxy) is 1. The second kappa shape index (κ2) is 6.80. The van der Waals surface area contributed by atoms with E-state index >= 15 is 0 Å². The number of methoxy groups -OCH3 is 1. The molecule has 6 nitrogen and oxygen atoms in total. The van der Waals surface area contributed by atoms with Crippen molar-refractivity contribution < 1.29 is 9.53 Å². The molecule has 0 bridgehead atoms. The minimum atomic E-state index is -0.0871. The number of amides is 1. The van der Waals surface area contributed by atoms with Crippen LogP contribution in [0.4, 0.5) is 5.82 Å². The Morgan fingerprint density at radius 3 is 2.82 bits per heavy atom. The molecule has 0 atom stereocenters. The predicted molar refractivity (Wildman–Crippen MR) is 64.9 cm³/mol. The van der Waals surface area contributed by atoms with Gasteiger partial charge in [0.05, 0.1) is 13.2 Å². The molecule has 94 valence electrons. The average Bonchev–Trinajstić information content (AvgIpc) is 2.25. The third kappa shape index (κ3) is 5.26. The van der Waals surface area contributed by atoms with Gasteiger partial charge in [0.25, 0.3) is 0 Å². The third-order valence-corrected chi connectivity index (χ3v) is 2.02. The van der Waals surface area contributed by atoms with E-state index in [4.69, 9.17) is 4.74 Å². The average molecular weight is 238 g/mol. The van der Waals surface area contributed by atoms with Crippen LogP contribution in [-0.4, -0.2) is 42.7 Å². The number of nitrogens with zero attached hydrogens (tertiary/aromatic N) is 2. The van der Waals surface area contributed by atoms with Crippen molar-refractivity contribution in [3.05, 3.63) is 17.6 Å². The number of hydrogen-bond acceptors (Lipinski definition) is 5. The molecule has 17 heavy (non-hydrogen) atoms. The summed E-state index contributed by atoms with van der Waals surface area (Å²) in [7, 11) is 1.59. The first kappa shape index (κ1) is 13.4. The Morgan fingerprint density at radius 2 is 2.18 bits per heavy atom. The molecule has 1 aromatic heterocycles. The topological polar surface area (TPSA) is 76.1 Å². The highest BCUT2D eigenvalue weighted by molar-refractivity contribution is 5.80. The van der Waals surface area contributed by atoms with Crippen LogP contribution in [-0.2, 0) is 9.53 Å². The van der Waals surface area contributed by atoms with Crippen LogP contribution in [0.1, 0.15) is 11.5 Å². The molecular formula is C11H18N4O2. The van der Waals surface area contributed by atoms with Crippen LogP contribution in [0.5, 0.6) is 0 Å². The van der Waals surface area contributed by atoms with E-state index < -0.39 is 0 Å². The summed E-state index contributed by atoms with van der Waals surface area (Å²) < 4.78 is 4.83. The lowest BCUT2D eigenvalue weighted by Crippen LogP contribution is -2.32. The molecule has 0 saturated heterocycles. The van der Waals surface area contributed by atoms with E-state index in [9.17, 15) is 4.79 Å². The summed E-state index contributed by atoms with van der Waals surface area (Å²) in [5.41, 5.74) is 0.875. The van der Waals surface area contributed by atoms with Gasteiger partial charge in [0, 0.05) is 25.4 Å². The van der Waals surface area contributed by atoms with Crippen LogP contribution in [0, 0.1) is 13.8 Å². The molecular weight excluding hydrogens is 220 g/mol. The molecule has 1 amide bonds. The number of carbonyl (C=O) groups is 1. The molecule has 6 heteroatoms. The minimum Gasteiger partial charge on any atom is -0.383 e. The highest BCUT2D eigenvalue weighted by Crippen LogP contribution is 2.04. The lowest BCUT2D eigenvalue weighted by atomic mass is 10.4. The van der Waals surface area contributed by atoms with Crippen molar-refractivity contribution in [3.8, 4) is 0 Å². The monoisotopic (exact) mass is 238 g/mol. The molecule has 0 fully saturated rings. The van der Waals surface area contributed by atoms with Crippen LogP contribution < -0.4 is 10.6 Å². The Hall–Kier alpha value is -1.69. The molecule has 1 aromatic rings. The number of rotatable bonds is 6. The van der Waals surface area contributed by atoms with Gasteiger partial charge in [-0.2, -0.15) is 0 Å². The molecule has 0 aromatic carbocycles. The maximum Gasteiger partial charge on any atom is 0.239 e. The minimum absolute atomic E-state index is 0.0871. The van der Waals surface area contributed by atoms with E-state index in [1.165, 1.54) is 0 Å². The Labute approximate surface area is 101 Å². The van der Waals surface area contributed by atoms with Crippen molar-refractivity contribution in [2.45, 2.75) is 13.8 Å². The third-order valence-electron chi connectivity index (χ3n) is 2.02. The van der Waals surface area contributed by atoms with Crippen molar-refractivity contribution in [1.29, 1.82) is 0 Å². The first-order valence-corrected chi connectivity index (χ1v) is 5.43. The van der Waals surface area contributed by atoms with Crippen LogP contribution in [0.25, 0.3) is 0 Å². The van der Waals surface area contributed by atoms with Gasteiger partial charge < -0.3 is 15.4 Å². The summed E-state index contributed by atoms with van der Waals surface area (Å²) in [6.45, 7) is 4.92. The van der Waals surface area contributed by atoms with Gasteiger partial charge in [0.2, 0.25) is 5.91 Å². The van der Waals surface area contributed by atoms with Gasteiger partial charge >= 0.3 is 0 Å². The fraction of sp³-hybridized carbons (Fsp3) is 0.545. The van der Waals surface area contributed by atoms with Crippen LogP contribution in [0.3, 0.4) is 0 Å². The molecule has 0 saturated carbocycles. The Bertz CT molecular complexity index is 361. The van der Waals surface area contributed by atoms with E-state index in [-0.39, 0.29) is 12.5 Å². The molecule has 2 N–H and O–H groups in total. The van der Waals surface area contributed by atoms with Crippen molar-refractivity contribution in [2.75, 3.05) is 32.1 Å². The van der Waals surface area contributed by atoms with Crippen molar-refractivity contribution in [2.24, 2.45) is 0 Å². The van der Waals surface area contributed by atoms with Crippen molar-refractivity contribution in [1.82, 2.24) is 15.3 Å². The van der Waals surface area contributed by atoms with Gasteiger partial charge in [0.15, 0.2) is 0 Å². The van der Waals surface area contributed by atoms with Crippen LogP contribution >= 0.6 is 0 Å². The van der Waals surface area contributed by atoms with Gasteiger partial charge in [-0.1, -0.05) is 0 Å².